The molecular formula is C20H28N6O2. The van der Waals surface area contributed by atoms with Gasteiger partial charge in [0.25, 0.3) is 5.91 Å². The molecule has 0 bridgehead atoms. The Labute approximate surface area is 165 Å². The van der Waals surface area contributed by atoms with Gasteiger partial charge in [-0.25, -0.2) is 0 Å². The van der Waals surface area contributed by atoms with Crippen LogP contribution in [0.25, 0.3) is 0 Å². The van der Waals surface area contributed by atoms with Crippen molar-refractivity contribution < 1.29 is 9.59 Å². The highest BCUT2D eigenvalue weighted by atomic mass is 16.2. The molecule has 2 atom stereocenters. The summed E-state index contributed by atoms with van der Waals surface area (Å²) in [5, 5.41) is 8.62. The Bertz CT molecular complexity index is 900. The van der Waals surface area contributed by atoms with Gasteiger partial charge in [0, 0.05) is 63.8 Å². The molecule has 2 aliphatic rings. The number of rotatable bonds is 3. The molecule has 0 saturated carbocycles. The molecule has 4 rings (SSSR count). The predicted octanol–water partition coefficient (Wildman–Crippen LogP) is 1.68. The molecule has 2 fully saturated rings. The number of likely N-dealkylation sites (tertiary alicyclic amines) is 2. The number of piperidine rings is 1. The maximum Gasteiger partial charge on any atom is 0.272 e. The first-order valence-electron chi connectivity index (χ1n) is 9.91. The van der Waals surface area contributed by atoms with Gasteiger partial charge in [-0.05, 0) is 38.8 Å². The van der Waals surface area contributed by atoms with E-state index in [1.165, 1.54) is 0 Å². The number of aryl methyl sites for hydroxylation is 1. The smallest absolute Gasteiger partial charge is 0.272 e. The summed E-state index contributed by atoms with van der Waals surface area (Å²) in [5.74, 6) is 0.00361. The van der Waals surface area contributed by atoms with Crippen LogP contribution in [0.4, 0.5) is 0 Å². The van der Waals surface area contributed by atoms with Crippen molar-refractivity contribution in [3.05, 3.63) is 35.9 Å². The summed E-state index contributed by atoms with van der Waals surface area (Å²) in [6.45, 7) is 5.90. The maximum absolute atomic E-state index is 13.4. The number of aromatic nitrogens is 4. The van der Waals surface area contributed by atoms with Crippen molar-refractivity contribution in [3.63, 3.8) is 0 Å². The Morgan fingerprint density at radius 2 is 1.96 bits per heavy atom. The monoisotopic (exact) mass is 384 g/mol. The number of hydrogen-bond donors (Lipinski definition) is 0. The quantitative estimate of drug-likeness (QED) is 0.807. The molecule has 0 N–H and O–H groups in total. The second kappa shape index (κ2) is 6.76. The minimum atomic E-state index is -0.589. The standard InChI is InChI=1S/C20H28N6O2/c1-14(2)26-16(6-10-22-26)15-12-25(18(27)17-7-9-21-24(17)4)13-20(15)8-5-11-23(3)19(20)28/h6-7,9-10,14-15H,5,8,11-13H2,1-4H3/t15-,20+/m0/s1. The van der Waals surface area contributed by atoms with E-state index in [1.807, 2.05) is 27.6 Å². The van der Waals surface area contributed by atoms with Crippen LogP contribution in [0.1, 0.15) is 54.8 Å². The molecule has 28 heavy (non-hydrogen) atoms. The van der Waals surface area contributed by atoms with Gasteiger partial charge in [0.2, 0.25) is 5.91 Å². The van der Waals surface area contributed by atoms with E-state index < -0.39 is 5.41 Å². The Morgan fingerprint density at radius 1 is 1.21 bits per heavy atom. The first-order valence-corrected chi connectivity index (χ1v) is 9.91. The van der Waals surface area contributed by atoms with Crippen LogP contribution in [0.5, 0.6) is 0 Å². The number of amides is 2. The first kappa shape index (κ1) is 18.7. The van der Waals surface area contributed by atoms with Crippen molar-refractivity contribution in [1.82, 2.24) is 29.4 Å². The molecule has 0 unspecified atom stereocenters. The lowest BCUT2D eigenvalue weighted by Gasteiger charge is -2.41. The largest absolute Gasteiger partial charge is 0.345 e. The van der Waals surface area contributed by atoms with Crippen LogP contribution in [0.2, 0.25) is 0 Å². The fraction of sp³-hybridized carbons (Fsp3) is 0.600. The highest BCUT2D eigenvalue weighted by Crippen LogP contribution is 2.49. The van der Waals surface area contributed by atoms with Gasteiger partial charge in [-0.3, -0.25) is 19.0 Å². The van der Waals surface area contributed by atoms with Crippen molar-refractivity contribution in [3.8, 4) is 0 Å². The van der Waals surface area contributed by atoms with Crippen molar-refractivity contribution in [1.29, 1.82) is 0 Å². The zero-order valence-electron chi connectivity index (χ0n) is 17.0. The lowest BCUT2D eigenvalue weighted by Crippen LogP contribution is -2.51. The average Bonchev–Trinajstić information content (AvgIpc) is 3.37. The average molecular weight is 384 g/mol. The van der Waals surface area contributed by atoms with Crippen LogP contribution in [0, 0.1) is 5.41 Å². The van der Waals surface area contributed by atoms with Gasteiger partial charge < -0.3 is 9.80 Å². The summed E-state index contributed by atoms with van der Waals surface area (Å²) in [5.41, 5.74) is 0.997. The lowest BCUT2D eigenvalue weighted by molar-refractivity contribution is -0.144. The number of carbonyl (C=O) groups excluding carboxylic acids is 2. The van der Waals surface area contributed by atoms with Gasteiger partial charge in [-0.2, -0.15) is 10.2 Å². The third kappa shape index (κ3) is 2.73. The summed E-state index contributed by atoms with van der Waals surface area (Å²) < 4.78 is 3.59. The van der Waals surface area contributed by atoms with E-state index in [4.69, 9.17) is 0 Å². The molecule has 4 heterocycles. The molecule has 2 aliphatic heterocycles. The van der Waals surface area contributed by atoms with Crippen LogP contribution >= 0.6 is 0 Å². The third-order valence-electron chi connectivity index (χ3n) is 6.31. The summed E-state index contributed by atoms with van der Waals surface area (Å²) in [6.07, 6.45) is 5.16. The molecule has 2 aromatic heterocycles. The zero-order valence-corrected chi connectivity index (χ0v) is 17.0. The second-order valence-corrected chi connectivity index (χ2v) is 8.36. The third-order valence-corrected chi connectivity index (χ3v) is 6.31. The fourth-order valence-electron chi connectivity index (χ4n) is 4.91. The van der Waals surface area contributed by atoms with Crippen LogP contribution in [-0.2, 0) is 11.8 Å². The summed E-state index contributed by atoms with van der Waals surface area (Å²) in [4.78, 5) is 30.2. The van der Waals surface area contributed by atoms with Crippen LogP contribution < -0.4 is 0 Å². The molecular weight excluding hydrogens is 356 g/mol. The molecule has 1 spiro atoms. The topological polar surface area (TPSA) is 76.3 Å². The van der Waals surface area contributed by atoms with Crippen molar-refractivity contribution in [2.75, 3.05) is 26.7 Å². The van der Waals surface area contributed by atoms with Gasteiger partial charge >= 0.3 is 0 Å². The molecule has 150 valence electrons. The minimum absolute atomic E-state index is 0.0650. The van der Waals surface area contributed by atoms with E-state index in [2.05, 4.69) is 24.0 Å². The van der Waals surface area contributed by atoms with Crippen LogP contribution in [0.3, 0.4) is 0 Å². The van der Waals surface area contributed by atoms with E-state index >= 15 is 0 Å². The van der Waals surface area contributed by atoms with Gasteiger partial charge in [-0.1, -0.05) is 0 Å². The molecule has 0 aromatic carbocycles. The molecule has 0 aliphatic carbocycles. The van der Waals surface area contributed by atoms with Gasteiger partial charge in [0.1, 0.15) is 5.69 Å². The van der Waals surface area contributed by atoms with Crippen molar-refractivity contribution >= 4 is 11.8 Å². The normalized spacial score (nSPS) is 25.3. The number of hydrogen-bond acceptors (Lipinski definition) is 4. The maximum atomic E-state index is 13.4. The molecule has 8 nitrogen and oxygen atoms in total. The Hall–Kier alpha value is -2.64. The summed E-state index contributed by atoms with van der Waals surface area (Å²) in [7, 11) is 3.63. The first-order chi connectivity index (χ1) is 13.3. The predicted molar refractivity (Wildman–Crippen MR) is 104 cm³/mol. The highest BCUT2D eigenvalue weighted by Gasteiger charge is 2.56. The Balaban J connectivity index is 1.76. The van der Waals surface area contributed by atoms with Crippen LogP contribution in [0.15, 0.2) is 24.5 Å². The minimum Gasteiger partial charge on any atom is -0.345 e. The van der Waals surface area contributed by atoms with E-state index in [9.17, 15) is 9.59 Å². The highest BCUT2D eigenvalue weighted by molar-refractivity contribution is 5.94. The van der Waals surface area contributed by atoms with Gasteiger partial charge in [0.05, 0.1) is 5.41 Å². The molecule has 2 saturated heterocycles. The van der Waals surface area contributed by atoms with E-state index in [0.717, 1.165) is 25.1 Å². The lowest BCUT2D eigenvalue weighted by atomic mass is 9.70. The SMILES string of the molecule is CC(C)n1nccc1[C@@H]1CN(C(=O)c2ccnn2C)C[C@]12CCCN(C)C2=O. The second-order valence-electron chi connectivity index (χ2n) is 8.36. The molecule has 2 aromatic rings. The number of nitrogens with zero attached hydrogens (tertiary/aromatic N) is 6. The zero-order chi connectivity index (χ0) is 20.1. The Morgan fingerprint density at radius 3 is 2.64 bits per heavy atom. The Kier molecular flexibility index (Phi) is 4.51. The molecule has 2 amide bonds. The van der Waals surface area contributed by atoms with E-state index in [0.29, 0.717) is 18.8 Å². The van der Waals surface area contributed by atoms with Crippen molar-refractivity contribution in [2.24, 2.45) is 12.5 Å². The number of carbonyl (C=O) groups is 2. The van der Waals surface area contributed by atoms with Gasteiger partial charge in [0.15, 0.2) is 0 Å². The summed E-state index contributed by atoms with van der Waals surface area (Å²) in [6, 6.07) is 3.93. The van der Waals surface area contributed by atoms with Crippen molar-refractivity contribution in [2.45, 2.75) is 38.6 Å². The van der Waals surface area contributed by atoms with E-state index in [-0.39, 0.29) is 23.8 Å². The summed E-state index contributed by atoms with van der Waals surface area (Å²) >= 11 is 0. The van der Waals surface area contributed by atoms with Crippen LogP contribution in [-0.4, -0.2) is 67.9 Å². The molecule has 0 radical (unpaired) electrons. The fourth-order valence-corrected chi connectivity index (χ4v) is 4.91. The van der Waals surface area contributed by atoms with Gasteiger partial charge in [-0.15, -0.1) is 0 Å². The molecule has 8 heteroatoms. The van der Waals surface area contributed by atoms with E-state index in [1.54, 1.807) is 30.2 Å².